The van der Waals surface area contributed by atoms with E-state index < -0.39 is 0 Å². The average Bonchev–Trinajstić information content (AvgIpc) is 2.30. The first-order valence-electron chi connectivity index (χ1n) is 6.31. The van der Waals surface area contributed by atoms with Crippen molar-refractivity contribution in [3.63, 3.8) is 0 Å². The van der Waals surface area contributed by atoms with Crippen molar-refractivity contribution in [2.75, 3.05) is 6.61 Å². The van der Waals surface area contributed by atoms with E-state index in [1.54, 1.807) is 0 Å². The van der Waals surface area contributed by atoms with Crippen LogP contribution >= 0.6 is 0 Å². The summed E-state index contributed by atoms with van der Waals surface area (Å²) >= 11 is 0. The average molecular weight is 220 g/mol. The Balaban J connectivity index is 2.62. The Bertz CT molecular complexity index is 279. The van der Waals surface area contributed by atoms with Crippen molar-refractivity contribution in [2.24, 2.45) is 11.8 Å². The van der Waals surface area contributed by atoms with Gasteiger partial charge in [0, 0.05) is 6.61 Å². The molecule has 1 heteroatoms. The van der Waals surface area contributed by atoms with Crippen LogP contribution in [0.4, 0.5) is 0 Å². The fourth-order valence-electron chi connectivity index (χ4n) is 1.70. The number of rotatable bonds is 6. The zero-order valence-electron chi connectivity index (χ0n) is 10.9. The second-order valence-corrected chi connectivity index (χ2v) is 4.92. The van der Waals surface area contributed by atoms with Crippen molar-refractivity contribution in [3.8, 4) is 0 Å². The van der Waals surface area contributed by atoms with Crippen LogP contribution in [0.25, 0.3) is 0 Å². The molecule has 0 saturated carbocycles. The van der Waals surface area contributed by atoms with Gasteiger partial charge >= 0.3 is 0 Å². The van der Waals surface area contributed by atoms with Gasteiger partial charge in [-0.1, -0.05) is 64.4 Å². The van der Waals surface area contributed by atoms with Crippen molar-refractivity contribution >= 4 is 0 Å². The van der Waals surface area contributed by atoms with E-state index in [9.17, 15) is 0 Å². The van der Waals surface area contributed by atoms with E-state index in [0.29, 0.717) is 11.8 Å². The first kappa shape index (κ1) is 13.2. The van der Waals surface area contributed by atoms with Crippen LogP contribution in [0.1, 0.15) is 45.8 Å². The molecule has 0 aliphatic heterocycles. The molecular weight excluding hydrogens is 196 g/mol. The summed E-state index contributed by atoms with van der Waals surface area (Å²) in [7, 11) is 0. The summed E-state index contributed by atoms with van der Waals surface area (Å²) in [5, 5.41) is 0. The third-order valence-corrected chi connectivity index (χ3v) is 2.99. The van der Waals surface area contributed by atoms with Crippen LogP contribution in [0.3, 0.4) is 0 Å². The molecule has 0 saturated heterocycles. The zero-order valence-corrected chi connectivity index (χ0v) is 10.9. The van der Waals surface area contributed by atoms with Crippen molar-refractivity contribution in [2.45, 2.75) is 40.2 Å². The second kappa shape index (κ2) is 6.70. The molecule has 0 aliphatic rings. The highest BCUT2D eigenvalue weighted by Gasteiger charge is 2.16. The molecule has 0 spiro atoms. The van der Waals surface area contributed by atoms with Crippen LogP contribution in [0.15, 0.2) is 30.3 Å². The highest BCUT2D eigenvalue weighted by atomic mass is 16.5. The molecule has 2 atom stereocenters. The van der Waals surface area contributed by atoms with Crippen LogP contribution in [0.2, 0.25) is 0 Å². The number of benzene rings is 1. The molecule has 90 valence electrons. The van der Waals surface area contributed by atoms with Crippen molar-refractivity contribution in [1.82, 2.24) is 0 Å². The van der Waals surface area contributed by atoms with E-state index in [0.717, 1.165) is 6.61 Å². The molecule has 0 radical (unpaired) electrons. The Morgan fingerprint density at radius 3 is 2.19 bits per heavy atom. The maximum atomic E-state index is 6.04. The van der Waals surface area contributed by atoms with Crippen molar-refractivity contribution in [1.29, 1.82) is 0 Å². The molecule has 0 aromatic heterocycles. The second-order valence-electron chi connectivity index (χ2n) is 4.92. The SMILES string of the molecule is CCC(C)COC(c1ccccc1)C(C)C. The highest BCUT2D eigenvalue weighted by Crippen LogP contribution is 2.26. The van der Waals surface area contributed by atoms with Crippen LogP contribution < -0.4 is 0 Å². The Labute approximate surface area is 99.8 Å². The van der Waals surface area contributed by atoms with Gasteiger partial charge in [-0.25, -0.2) is 0 Å². The van der Waals surface area contributed by atoms with Gasteiger partial charge in [0.1, 0.15) is 0 Å². The van der Waals surface area contributed by atoms with E-state index in [4.69, 9.17) is 4.74 Å². The number of hydrogen-bond donors (Lipinski definition) is 0. The molecule has 2 unspecified atom stereocenters. The van der Waals surface area contributed by atoms with Gasteiger partial charge in [-0.05, 0) is 17.4 Å². The summed E-state index contributed by atoms with van der Waals surface area (Å²) in [6, 6.07) is 10.5. The van der Waals surface area contributed by atoms with Gasteiger partial charge in [-0.3, -0.25) is 0 Å². The summed E-state index contributed by atoms with van der Waals surface area (Å²) in [6.07, 6.45) is 1.41. The molecule has 1 aromatic rings. The minimum Gasteiger partial charge on any atom is -0.373 e. The lowest BCUT2D eigenvalue weighted by atomic mass is 9.99. The maximum absolute atomic E-state index is 6.04. The largest absolute Gasteiger partial charge is 0.373 e. The Morgan fingerprint density at radius 2 is 1.69 bits per heavy atom. The van der Waals surface area contributed by atoms with Gasteiger partial charge in [0.05, 0.1) is 6.10 Å². The van der Waals surface area contributed by atoms with E-state index in [2.05, 4.69) is 58.0 Å². The number of ether oxygens (including phenoxy) is 1. The lowest BCUT2D eigenvalue weighted by molar-refractivity contribution is 0.00272. The van der Waals surface area contributed by atoms with Crippen LogP contribution in [0.5, 0.6) is 0 Å². The number of hydrogen-bond acceptors (Lipinski definition) is 1. The molecular formula is C15H24O. The zero-order chi connectivity index (χ0) is 12.0. The maximum Gasteiger partial charge on any atom is 0.0847 e. The standard InChI is InChI=1S/C15H24O/c1-5-13(4)11-16-15(12(2)3)14-9-7-6-8-10-14/h6-10,12-13,15H,5,11H2,1-4H3. The fourth-order valence-corrected chi connectivity index (χ4v) is 1.70. The normalized spacial score (nSPS) is 15.1. The summed E-state index contributed by atoms with van der Waals surface area (Å²) in [5.74, 6) is 1.16. The third-order valence-electron chi connectivity index (χ3n) is 2.99. The molecule has 0 N–H and O–H groups in total. The minimum atomic E-state index is 0.232. The molecule has 0 aliphatic carbocycles. The summed E-state index contributed by atoms with van der Waals surface area (Å²) in [5.41, 5.74) is 1.29. The molecule has 0 bridgehead atoms. The van der Waals surface area contributed by atoms with Crippen molar-refractivity contribution < 1.29 is 4.74 Å². The predicted octanol–water partition coefficient (Wildman–Crippen LogP) is 4.45. The molecule has 0 fully saturated rings. The lowest BCUT2D eigenvalue weighted by Crippen LogP contribution is -2.15. The molecule has 1 aromatic carbocycles. The Morgan fingerprint density at radius 1 is 1.06 bits per heavy atom. The van der Waals surface area contributed by atoms with E-state index in [1.807, 2.05) is 0 Å². The minimum absolute atomic E-state index is 0.232. The highest BCUT2D eigenvalue weighted by molar-refractivity contribution is 5.18. The van der Waals surface area contributed by atoms with Gasteiger partial charge in [0.15, 0.2) is 0 Å². The summed E-state index contributed by atoms with van der Waals surface area (Å²) < 4.78 is 6.04. The van der Waals surface area contributed by atoms with Crippen molar-refractivity contribution in [3.05, 3.63) is 35.9 Å². The van der Waals surface area contributed by atoms with Gasteiger partial charge < -0.3 is 4.74 Å². The van der Waals surface area contributed by atoms with Gasteiger partial charge in [-0.2, -0.15) is 0 Å². The quantitative estimate of drug-likeness (QED) is 0.688. The molecule has 1 nitrogen and oxygen atoms in total. The van der Waals surface area contributed by atoms with Crippen LogP contribution in [0, 0.1) is 11.8 Å². The molecule has 1 rings (SSSR count). The fraction of sp³-hybridized carbons (Fsp3) is 0.600. The smallest absolute Gasteiger partial charge is 0.0847 e. The van der Waals surface area contributed by atoms with E-state index >= 15 is 0 Å². The van der Waals surface area contributed by atoms with Crippen LogP contribution in [-0.2, 0) is 4.74 Å². The Hall–Kier alpha value is -0.820. The molecule has 16 heavy (non-hydrogen) atoms. The van der Waals surface area contributed by atoms with Crippen LogP contribution in [-0.4, -0.2) is 6.61 Å². The Kier molecular flexibility index (Phi) is 5.54. The lowest BCUT2D eigenvalue weighted by Gasteiger charge is -2.23. The van der Waals surface area contributed by atoms with Gasteiger partial charge in [0.25, 0.3) is 0 Å². The predicted molar refractivity (Wildman–Crippen MR) is 69.4 cm³/mol. The first-order chi connectivity index (χ1) is 7.65. The van der Waals surface area contributed by atoms with Gasteiger partial charge in [0.2, 0.25) is 0 Å². The topological polar surface area (TPSA) is 9.23 Å². The third kappa shape index (κ3) is 3.97. The summed E-state index contributed by atoms with van der Waals surface area (Å²) in [6.45, 7) is 9.74. The summed E-state index contributed by atoms with van der Waals surface area (Å²) in [4.78, 5) is 0. The van der Waals surface area contributed by atoms with E-state index in [-0.39, 0.29) is 6.10 Å². The monoisotopic (exact) mass is 220 g/mol. The van der Waals surface area contributed by atoms with E-state index in [1.165, 1.54) is 12.0 Å². The molecule has 0 amide bonds. The molecule has 0 heterocycles. The van der Waals surface area contributed by atoms with Gasteiger partial charge in [-0.15, -0.1) is 0 Å². The first-order valence-corrected chi connectivity index (χ1v) is 6.31.